The van der Waals surface area contributed by atoms with Crippen LogP contribution in [0.4, 0.5) is 0 Å². The molecule has 1 aromatic carbocycles. The highest BCUT2D eigenvalue weighted by Crippen LogP contribution is 2.18. The predicted molar refractivity (Wildman–Crippen MR) is 108 cm³/mol. The van der Waals surface area contributed by atoms with Crippen LogP contribution in [0.15, 0.2) is 30.3 Å². The number of hydrogen-bond donors (Lipinski definition) is 3. The zero-order valence-corrected chi connectivity index (χ0v) is 16.4. The van der Waals surface area contributed by atoms with E-state index in [4.69, 9.17) is 0 Å². The molecule has 3 rings (SSSR count). The number of carbonyl (C=O) groups excluding carboxylic acids is 1. The largest absolute Gasteiger partial charge is 0.475 e. The maximum absolute atomic E-state index is 12.3. The van der Waals surface area contributed by atoms with Crippen molar-refractivity contribution in [2.45, 2.75) is 37.8 Å². The van der Waals surface area contributed by atoms with Crippen molar-refractivity contribution in [1.29, 1.82) is 0 Å². The fraction of sp³-hybridized carbons (Fsp3) is 0.588. The molecule has 6 nitrogen and oxygen atoms in total. The molecule has 2 atom stereocenters. The smallest absolute Gasteiger partial charge is 0.426 e. The van der Waals surface area contributed by atoms with E-state index in [0.29, 0.717) is 19.0 Å². The second kappa shape index (κ2) is 11.1. The number of nitrogens with one attached hydrogen (secondary N) is 1. The molecule has 26 heavy (non-hydrogen) atoms. The molecule has 2 heterocycles. The van der Waals surface area contributed by atoms with Gasteiger partial charge in [-0.3, -0.25) is 9.69 Å². The Balaban J connectivity index is 0.00000169. The topological polar surface area (TPSA) is 76.0 Å². The van der Waals surface area contributed by atoms with Crippen LogP contribution in [0.3, 0.4) is 0 Å². The van der Waals surface area contributed by atoms with E-state index >= 15 is 0 Å². The van der Waals surface area contributed by atoms with Crippen LogP contribution in [-0.2, 0) is 11.3 Å². The first-order valence-corrected chi connectivity index (χ1v) is 8.79. The van der Waals surface area contributed by atoms with Crippen LogP contribution < -0.4 is 5.32 Å². The van der Waals surface area contributed by atoms with Crippen molar-refractivity contribution < 1.29 is 14.8 Å². The first kappa shape index (κ1) is 23.2. The van der Waals surface area contributed by atoms with Crippen LogP contribution in [0.25, 0.3) is 0 Å². The summed E-state index contributed by atoms with van der Waals surface area (Å²) in [5.74, 6) is -0.482. The van der Waals surface area contributed by atoms with E-state index < -0.39 is 13.1 Å². The van der Waals surface area contributed by atoms with E-state index in [0.717, 1.165) is 32.5 Å². The van der Waals surface area contributed by atoms with Crippen molar-refractivity contribution in [2.24, 2.45) is 0 Å². The standard InChI is InChI=1S/C17H26BN3O3.2ClH/c22-17(21-9-4-7-16(21)18(23)24)11-19-15-8-10-20(13-15)12-14-5-2-1-3-6-14;;/h1-3,5-6,15-16,19,23-24H,4,7-13H2;2*1H/t15-,16+;;/m1../s1. The highest BCUT2D eigenvalue weighted by Gasteiger charge is 2.36. The number of halogens is 2. The molecule has 0 aromatic heterocycles. The number of likely N-dealkylation sites (tertiary alicyclic amines) is 2. The third kappa shape index (κ3) is 6.11. The minimum absolute atomic E-state index is 0. The lowest BCUT2D eigenvalue weighted by Crippen LogP contribution is -2.49. The molecule has 2 aliphatic rings. The zero-order valence-electron chi connectivity index (χ0n) is 14.8. The minimum Gasteiger partial charge on any atom is -0.426 e. The molecule has 2 aliphatic heterocycles. The summed E-state index contributed by atoms with van der Waals surface area (Å²) in [4.78, 5) is 16.3. The van der Waals surface area contributed by atoms with E-state index in [-0.39, 0.29) is 37.3 Å². The van der Waals surface area contributed by atoms with Gasteiger partial charge < -0.3 is 20.3 Å². The van der Waals surface area contributed by atoms with Crippen LogP contribution in [0.1, 0.15) is 24.8 Å². The molecule has 0 spiro atoms. The van der Waals surface area contributed by atoms with Gasteiger partial charge in [0.2, 0.25) is 5.91 Å². The lowest BCUT2D eigenvalue weighted by atomic mass is 9.78. The molecule has 146 valence electrons. The first-order chi connectivity index (χ1) is 11.6. The Bertz CT molecular complexity index is 553. The number of amides is 1. The molecular formula is C17H28BCl2N3O3. The molecule has 2 fully saturated rings. The third-order valence-electron chi connectivity index (χ3n) is 5.03. The zero-order chi connectivity index (χ0) is 16.9. The van der Waals surface area contributed by atoms with Gasteiger partial charge in [-0.05, 0) is 24.8 Å². The first-order valence-electron chi connectivity index (χ1n) is 8.79. The Morgan fingerprint density at radius 2 is 1.88 bits per heavy atom. The average molecular weight is 404 g/mol. The van der Waals surface area contributed by atoms with Crippen molar-refractivity contribution in [3.63, 3.8) is 0 Å². The van der Waals surface area contributed by atoms with Gasteiger partial charge in [-0.15, -0.1) is 24.8 Å². The number of nitrogens with zero attached hydrogens (tertiary/aromatic N) is 2. The summed E-state index contributed by atoms with van der Waals surface area (Å²) in [6, 6.07) is 10.7. The lowest BCUT2D eigenvalue weighted by Gasteiger charge is -2.25. The fourth-order valence-electron chi connectivity index (χ4n) is 3.73. The summed E-state index contributed by atoms with van der Waals surface area (Å²) < 4.78 is 0. The van der Waals surface area contributed by atoms with Crippen LogP contribution >= 0.6 is 24.8 Å². The molecular weight excluding hydrogens is 376 g/mol. The molecule has 0 unspecified atom stereocenters. The van der Waals surface area contributed by atoms with Gasteiger partial charge in [-0.2, -0.15) is 0 Å². The van der Waals surface area contributed by atoms with Gasteiger partial charge in [0.1, 0.15) is 0 Å². The SMILES string of the molecule is Cl.Cl.O=C(CN[C@@H]1CCN(Cc2ccccc2)C1)N1CCC[C@H]1B(O)O. The van der Waals surface area contributed by atoms with Gasteiger partial charge in [0.15, 0.2) is 0 Å². The van der Waals surface area contributed by atoms with E-state index in [1.165, 1.54) is 5.56 Å². The Morgan fingerprint density at radius 3 is 2.58 bits per heavy atom. The van der Waals surface area contributed by atoms with Gasteiger partial charge in [0, 0.05) is 32.2 Å². The molecule has 3 N–H and O–H groups in total. The lowest BCUT2D eigenvalue weighted by molar-refractivity contribution is -0.130. The molecule has 1 amide bonds. The molecule has 9 heteroatoms. The molecule has 2 saturated heterocycles. The van der Waals surface area contributed by atoms with E-state index in [1.54, 1.807) is 4.90 Å². The van der Waals surface area contributed by atoms with Gasteiger partial charge in [-0.25, -0.2) is 0 Å². The highest BCUT2D eigenvalue weighted by molar-refractivity contribution is 6.43. The maximum atomic E-state index is 12.3. The normalized spacial score (nSPS) is 22.6. The summed E-state index contributed by atoms with van der Waals surface area (Å²) in [5.41, 5.74) is 1.31. The predicted octanol–water partition coefficient (Wildman–Crippen LogP) is 0.697. The third-order valence-corrected chi connectivity index (χ3v) is 5.03. The summed E-state index contributed by atoms with van der Waals surface area (Å²) >= 11 is 0. The minimum atomic E-state index is -1.44. The summed E-state index contributed by atoms with van der Waals surface area (Å²) in [7, 11) is -1.44. The highest BCUT2D eigenvalue weighted by atomic mass is 35.5. The number of benzene rings is 1. The van der Waals surface area contributed by atoms with Gasteiger partial charge in [0.05, 0.1) is 12.5 Å². The molecule has 1 aromatic rings. The number of hydrogen-bond acceptors (Lipinski definition) is 5. The second-order valence-electron chi connectivity index (χ2n) is 6.80. The molecule has 0 radical (unpaired) electrons. The van der Waals surface area contributed by atoms with E-state index in [1.807, 2.05) is 6.07 Å². The summed E-state index contributed by atoms with van der Waals surface area (Å²) in [6.45, 7) is 3.80. The van der Waals surface area contributed by atoms with Crippen LogP contribution in [-0.4, -0.2) is 71.0 Å². The van der Waals surface area contributed by atoms with E-state index in [2.05, 4.69) is 34.5 Å². The van der Waals surface area contributed by atoms with Gasteiger partial charge >= 0.3 is 7.12 Å². The van der Waals surface area contributed by atoms with Crippen LogP contribution in [0.5, 0.6) is 0 Å². The quantitative estimate of drug-likeness (QED) is 0.609. The monoisotopic (exact) mass is 403 g/mol. The van der Waals surface area contributed by atoms with Crippen LogP contribution in [0, 0.1) is 0 Å². The summed E-state index contributed by atoms with van der Waals surface area (Å²) in [6.07, 6.45) is 2.53. The Kier molecular flexibility index (Phi) is 9.93. The van der Waals surface area contributed by atoms with E-state index in [9.17, 15) is 14.8 Å². The molecule has 0 saturated carbocycles. The number of carbonyl (C=O) groups is 1. The number of rotatable bonds is 6. The molecule has 0 aliphatic carbocycles. The van der Waals surface area contributed by atoms with Crippen molar-refractivity contribution in [3.8, 4) is 0 Å². The van der Waals surface area contributed by atoms with Crippen LogP contribution in [0.2, 0.25) is 0 Å². The van der Waals surface area contributed by atoms with Gasteiger partial charge in [-0.1, -0.05) is 30.3 Å². The Morgan fingerprint density at radius 1 is 1.15 bits per heavy atom. The van der Waals surface area contributed by atoms with Crippen molar-refractivity contribution in [3.05, 3.63) is 35.9 Å². The van der Waals surface area contributed by atoms with Crippen molar-refractivity contribution in [1.82, 2.24) is 15.1 Å². The van der Waals surface area contributed by atoms with Crippen molar-refractivity contribution >= 4 is 37.8 Å². The Labute approximate surface area is 167 Å². The Hall–Kier alpha value is -0.825. The molecule has 0 bridgehead atoms. The fourth-order valence-corrected chi connectivity index (χ4v) is 3.73. The second-order valence-corrected chi connectivity index (χ2v) is 6.80. The average Bonchev–Trinajstić information content (AvgIpc) is 3.23. The van der Waals surface area contributed by atoms with Gasteiger partial charge in [0.25, 0.3) is 0 Å². The maximum Gasteiger partial charge on any atom is 0.475 e. The van der Waals surface area contributed by atoms with Crippen molar-refractivity contribution in [2.75, 3.05) is 26.2 Å². The summed E-state index contributed by atoms with van der Waals surface area (Å²) in [5, 5.41) is 22.1.